The Kier molecular flexibility index (Phi) is 4.32. The summed E-state index contributed by atoms with van der Waals surface area (Å²) < 4.78 is 16.8. The van der Waals surface area contributed by atoms with Crippen molar-refractivity contribution in [1.29, 1.82) is 0 Å². The Hall–Kier alpha value is -1.26. The molecule has 1 heterocycles. The Bertz CT molecular complexity index is 423. The highest BCUT2D eigenvalue weighted by Gasteiger charge is 2.17. The van der Waals surface area contributed by atoms with Gasteiger partial charge in [-0.05, 0) is 38.5 Å². The van der Waals surface area contributed by atoms with E-state index in [9.17, 15) is 5.11 Å². The van der Waals surface area contributed by atoms with E-state index >= 15 is 0 Å². The minimum absolute atomic E-state index is 0.258. The fourth-order valence-electron chi connectivity index (χ4n) is 1.81. The highest BCUT2D eigenvalue weighted by atomic mass is 16.5. The summed E-state index contributed by atoms with van der Waals surface area (Å²) in [4.78, 5) is 0. The predicted molar refractivity (Wildman–Crippen MR) is 72.7 cm³/mol. The Morgan fingerprint density at radius 2 is 1.89 bits per heavy atom. The first-order valence-corrected chi connectivity index (χ1v) is 6.67. The molecule has 1 aliphatic heterocycles. The summed E-state index contributed by atoms with van der Waals surface area (Å²) in [7, 11) is 0. The largest absolute Gasteiger partial charge is 0.490 e. The third kappa shape index (κ3) is 4.11. The topological polar surface area (TPSA) is 47.9 Å². The van der Waals surface area contributed by atoms with E-state index in [0.717, 1.165) is 17.7 Å². The average molecular weight is 266 g/mol. The zero-order valence-corrected chi connectivity index (χ0v) is 11.8. The van der Waals surface area contributed by atoms with Crippen LogP contribution in [-0.4, -0.2) is 30.5 Å². The minimum Gasteiger partial charge on any atom is -0.490 e. The van der Waals surface area contributed by atoms with Crippen molar-refractivity contribution in [3.8, 4) is 11.5 Å². The number of fused-ring (bicyclic) bond motifs is 1. The second-order valence-corrected chi connectivity index (χ2v) is 5.70. The lowest BCUT2D eigenvalue weighted by atomic mass is 10.1. The maximum atomic E-state index is 10.1. The van der Waals surface area contributed by atoms with Gasteiger partial charge < -0.3 is 19.3 Å². The molecule has 4 heteroatoms. The number of aliphatic hydroxyl groups excluding tert-OH is 1. The molecule has 1 atom stereocenters. The van der Waals surface area contributed by atoms with Gasteiger partial charge in [-0.3, -0.25) is 0 Å². The van der Waals surface area contributed by atoms with Gasteiger partial charge in [-0.25, -0.2) is 0 Å². The number of aliphatic hydroxyl groups is 1. The van der Waals surface area contributed by atoms with Gasteiger partial charge in [-0.2, -0.15) is 0 Å². The van der Waals surface area contributed by atoms with E-state index in [2.05, 4.69) is 0 Å². The molecule has 0 bridgehead atoms. The van der Waals surface area contributed by atoms with Gasteiger partial charge in [0.2, 0.25) is 0 Å². The van der Waals surface area contributed by atoms with Gasteiger partial charge in [0.05, 0.1) is 25.4 Å². The van der Waals surface area contributed by atoms with Gasteiger partial charge in [0.1, 0.15) is 6.10 Å². The van der Waals surface area contributed by atoms with Crippen LogP contribution in [0.2, 0.25) is 0 Å². The highest BCUT2D eigenvalue weighted by molar-refractivity contribution is 5.44. The maximum Gasteiger partial charge on any atom is 0.161 e. The molecule has 0 saturated heterocycles. The van der Waals surface area contributed by atoms with Crippen LogP contribution in [0.3, 0.4) is 0 Å². The van der Waals surface area contributed by atoms with E-state index in [0.29, 0.717) is 19.0 Å². The molecule has 19 heavy (non-hydrogen) atoms. The summed E-state index contributed by atoms with van der Waals surface area (Å²) in [6.07, 6.45) is 0.219. The number of rotatable bonds is 3. The molecule has 0 spiro atoms. The van der Waals surface area contributed by atoms with E-state index in [1.807, 2.05) is 39.0 Å². The van der Waals surface area contributed by atoms with Crippen LogP contribution in [-0.2, 0) is 4.74 Å². The van der Waals surface area contributed by atoms with Crippen LogP contribution in [0.4, 0.5) is 0 Å². The molecule has 0 aliphatic carbocycles. The second-order valence-electron chi connectivity index (χ2n) is 5.70. The van der Waals surface area contributed by atoms with Crippen LogP contribution in [0, 0.1) is 0 Å². The van der Waals surface area contributed by atoms with Crippen molar-refractivity contribution >= 4 is 0 Å². The van der Waals surface area contributed by atoms with E-state index in [4.69, 9.17) is 14.2 Å². The summed E-state index contributed by atoms with van der Waals surface area (Å²) in [6, 6.07) is 5.53. The molecule has 1 aromatic rings. The van der Waals surface area contributed by atoms with Crippen molar-refractivity contribution in [2.45, 2.75) is 38.9 Å². The van der Waals surface area contributed by atoms with Crippen molar-refractivity contribution in [3.05, 3.63) is 23.8 Å². The Morgan fingerprint density at radius 1 is 1.21 bits per heavy atom. The number of hydrogen-bond acceptors (Lipinski definition) is 4. The quantitative estimate of drug-likeness (QED) is 0.913. The van der Waals surface area contributed by atoms with Crippen LogP contribution < -0.4 is 9.47 Å². The first kappa shape index (κ1) is 14.2. The maximum absolute atomic E-state index is 10.1. The van der Waals surface area contributed by atoms with Gasteiger partial charge >= 0.3 is 0 Å². The molecule has 0 amide bonds. The zero-order valence-electron chi connectivity index (χ0n) is 11.8. The molecule has 0 fully saturated rings. The molecular weight excluding hydrogens is 244 g/mol. The predicted octanol–water partition coefficient (Wildman–Crippen LogP) is 2.70. The Morgan fingerprint density at radius 3 is 2.58 bits per heavy atom. The normalized spacial score (nSPS) is 16.8. The SMILES string of the molecule is CC(C)(C)OCC(O)c1ccc2c(c1)OCCCO2. The molecule has 1 aromatic carbocycles. The Labute approximate surface area is 114 Å². The molecule has 106 valence electrons. The molecule has 1 unspecified atom stereocenters. The van der Waals surface area contributed by atoms with Gasteiger partial charge in [0.25, 0.3) is 0 Å². The van der Waals surface area contributed by atoms with Gasteiger partial charge in [-0.1, -0.05) is 6.07 Å². The molecule has 4 nitrogen and oxygen atoms in total. The summed E-state index contributed by atoms with van der Waals surface area (Å²) in [5, 5.41) is 10.1. The fraction of sp³-hybridized carbons (Fsp3) is 0.600. The van der Waals surface area contributed by atoms with E-state index < -0.39 is 6.10 Å². The number of benzene rings is 1. The lowest BCUT2D eigenvalue weighted by molar-refractivity contribution is -0.0496. The number of hydrogen-bond donors (Lipinski definition) is 1. The van der Waals surface area contributed by atoms with Gasteiger partial charge in [0, 0.05) is 6.42 Å². The molecule has 0 radical (unpaired) electrons. The second kappa shape index (κ2) is 5.80. The molecule has 1 N–H and O–H groups in total. The fourth-order valence-corrected chi connectivity index (χ4v) is 1.81. The van der Waals surface area contributed by atoms with Gasteiger partial charge in [0.15, 0.2) is 11.5 Å². The van der Waals surface area contributed by atoms with Crippen LogP contribution >= 0.6 is 0 Å². The van der Waals surface area contributed by atoms with Crippen molar-refractivity contribution < 1.29 is 19.3 Å². The summed E-state index contributed by atoms with van der Waals surface area (Å²) in [5.74, 6) is 1.44. The monoisotopic (exact) mass is 266 g/mol. The van der Waals surface area contributed by atoms with Crippen LogP contribution in [0.15, 0.2) is 18.2 Å². The smallest absolute Gasteiger partial charge is 0.161 e. The summed E-state index contributed by atoms with van der Waals surface area (Å²) >= 11 is 0. The minimum atomic E-state index is -0.656. The standard InChI is InChI=1S/C15H22O4/c1-15(2,3)19-10-12(16)11-5-6-13-14(9-11)18-8-4-7-17-13/h5-6,9,12,16H,4,7-8,10H2,1-3H3. The van der Waals surface area contributed by atoms with Crippen molar-refractivity contribution in [2.75, 3.05) is 19.8 Å². The lowest BCUT2D eigenvalue weighted by Crippen LogP contribution is -2.22. The summed E-state index contributed by atoms with van der Waals surface area (Å²) in [5.41, 5.74) is 0.528. The molecule has 1 aliphatic rings. The van der Waals surface area contributed by atoms with Crippen molar-refractivity contribution in [1.82, 2.24) is 0 Å². The molecule has 0 aromatic heterocycles. The van der Waals surface area contributed by atoms with Crippen LogP contribution in [0.5, 0.6) is 11.5 Å². The van der Waals surface area contributed by atoms with Crippen molar-refractivity contribution in [2.24, 2.45) is 0 Å². The number of ether oxygens (including phenoxy) is 3. The van der Waals surface area contributed by atoms with Gasteiger partial charge in [-0.15, -0.1) is 0 Å². The van der Waals surface area contributed by atoms with Crippen molar-refractivity contribution in [3.63, 3.8) is 0 Å². The molecule has 0 saturated carbocycles. The highest BCUT2D eigenvalue weighted by Crippen LogP contribution is 2.32. The third-order valence-corrected chi connectivity index (χ3v) is 2.83. The van der Waals surface area contributed by atoms with Crippen LogP contribution in [0.1, 0.15) is 38.9 Å². The zero-order chi connectivity index (χ0) is 13.9. The molecule has 2 rings (SSSR count). The van der Waals surface area contributed by atoms with E-state index in [1.165, 1.54) is 0 Å². The average Bonchev–Trinajstić information content (AvgIpc) is 2.59. The first-order chi connectivity index (χ1) is 8.96. The Balaban J connectivity index is 2.06. The molecular formula is C15H22O4. The van der Waals surface area contributed by atoms with Crippen LogP contribution in [0.25, 0.3) is 0 Å². The van der Waals surface area contributed by atoms with E-state index in [1.54, 1.807) is 0 Å². The summed E-state index contributed by atoms with van der Waals surface area (Å²) in [6.45, 7) is 7.48. The first-order valence-electron chi connectivity index (χ1n) is 6.67. The van der Waals surface area contributed by atoms with E-state index in [-0.39, 0.29) is 12.2 Å². The lowest BCUT2D eigenvalue weighted by Gasteiger charge is -2.22. The third-order valence-electron chi connectivity index (χ3n) is 2.83.